The lowest BCUT2D eigenvalue weighted by Crippen LogP contribution is -2.59. The number of unbranched alkanes of at least 4 members (excludes halogenated alkanes) is 3. The molecule has 0 saturated heterocycles. The molecule has 7 amide bonds. The van der Waals surface area contributed by atoms with Crippen LogP contribution in [0.5, 0.6) is 0 Å². The Morgan fingerprint density at radius 3 is 1.42 bits per heavy atom. The molecular weight excluding hydrogens is 891 g/mol. The normalized spacial score (nSPS) is 13.3. The minimum absolute atomic E-state index is 0.00179. The fourth-order valence-electron chi connectivity index (χ4n) is 6.44. The van der Waals surface area contributed by atoms with Crippen molar-refractivity contribution in [1.29, 1.82) is 0 Å². The van der Waals surface area contributed by atoms with Crippen molar-refractivity contribution in [3.8, 4) is 11.1 Å². The third kappa shape index (κ3) is 25.0. The molecule has 0 unspecified atom stereocenters. The highest BCUT2D eigenvalue weighted by atomic mass is 16.6. The van der Waals surface area contributed by atoms with Crippen LogP contribution < -0.4 is 37.2 Å². The first-order valence-electron chi connectivity index (χ1n) is 23.7. The van der Waals surface area contributed by atoms with Gasteiger partial charge in [-0.2, -0.15) is 0 Å². The van der Waals surface area contributed by atoms with E-state index in [0.29, 0.717) is 19.3 Å². The van der Waals surface area contributed by atoms with Crippen molar-refractivity contribution in [2.45, 2.75) is 175 Å². The van der Waals surface area contributed by atoms with Crippen LogP contribution in [0.4, 0.5) is 14.4 Å². The number of alkyl carbamates (subject to hydrolysis) is 3. The Balaban J connectivity index is 2.26. The van der Waals surface area contributed by atoms with Crippen LogP contribution in [0.2, 0.25) is 0 Å². The minimum Gasteiger partial charge on any atom is -0.480 e. The van der Waals surface area contributed by atoms with Crippen LogP contribution in [0, 0.1) is 0 Å². The molecule has 69 heavy (non-hydrogen) atoms. The smallest absolute Gasteiger partial charge is 0.407 e. The van der Waals surface area contributed by atoms with Gasteiger partial charge in [0.15, 0.2) is 0 Å². The fraction of sp³-hybridized carbons (Fsp3) is 0.600. The summed E-state index contributed by atoms with van der Waals surface area (Å²) in [5.74, 6) is -4.41. The molecule has 0 aliphatic carbocycles. The Morgan fingerprint density at radius 1 is 0.522 bits per heavy atom. The fourth-order valence-corrected chi connectivity index (χ4v) is 6.44. The Labute approximate surface area is 407 Å². The number of amides is 7. The van der Waals surface area contributed by atoms with E-state index in [2.05, 4.69) is 56.3 Å². The molecule has 0 aliphatic heterocycles. The Morgan fingerprint density at radius 2 is 0.957 bits per heavy atom. The molecule has 0 bridgehead atoms. The summed E-state index contributed by atoms with van der Waals surface area (Å²) < 4.78 is 15.8. The second-order valence-electron chi connectivity index (χ2n) is 19.8. The predicted octanol–water partition coefficient (Wildman–Crippen LogP) is 6.27. The average Bonchev–Trinajstić information content (AvgIpc) is 3.24. The van der Waals surface area contributed by atoms with E-state index in [1.807, 2.05) is 12.1 Å². The molecule has 4 atom stereocenters. The summed E-state index contributed by atoms with van der Waals surface area (Å²) in [6.07, 6.45) is 2.44. The lowest BCUT2D eigenvalue weighted by atomic mass is 10.0. The number of benzene rings is 2. The van der Waals surface area contributed by atoms with Gasteiger partial charge in [-0.3, -0.25) is 19.2 Å². The number of hydrogen-bond acceptors (Lipinski definition) is 11. The highest BCUT2D eigenvalue weighted by Gasteiger charge is 2.31. The topological polar surface area (TPSA) is 269 Å². The van der Waals surface area contributed by atoms with Crippen molar-refractivity contribution in [2.75, 3.05) is 19.6 Å². The summed E-state index contributed by atoms with van der Waals surface area (Å²) in [6.45, 7) is 18.8. The van der Waals surface area contributed by atoms with E-state index in [-0.39, 0.29) is 37.9 Å². The van der Waals surface area contributed by atoms with Crippen LogP contribution in [0.15, 0.2) is 48.5 Å². The molecular formula is C50H77N7O12. The van der Waals surface area contributed by atoms with E-state index >= 15 is 0 Å². The van der Waals surface area contributed by atoms with Gasteiger partial charge in [0.05, 0.1) is 6.54 Å². The highest BCUT2D eigenvalue weighted by Crippen LogP contribution is 2.21. The van der Waals surface area contributed by atoms with Gasteiger partial charge in [-0.25, -0.2) is 19.2 Å². The summed E-state index contributed by atoms with van der Waals surface area (Å²) >= 11 is 0. The van der Waals surface area contributed by atoms with Gasteiger partial charge < -0.3 is 56.5 Å². The molecule has 2 rings (SSSR count). The average molecular weight is 968 g/mol. The van der Waals surface area contributed by atoms with Crippen LogP contribution in [0.25, 0.3) is 11.1 Å². The van der Waals surface area contributed by atoms with Gasteiger partial charge in [-0.1, -0.05) is 49.7 Å². The number of aryl methyl sites for hydroxylation is 1. The van der Waals surface area contributed by atoms with Crippen LogP contribution in [0.1, 0.15) is 143 Å². The van der Waals surface area contributed by atoms with E-state index in [1.54, 1.807) is 86.6 Å². The van der Waals surface area contributed by atoms with Gasteiger partial charge in [0.1, 0.15) is 41.0 Å². The molecule has 0 fully saturated rings. The first-order chi connectivity index (χ1) is 32.2. The van der Waals surface area contributed by atoms with Gasteiger partial charge in [0, 0.05) is 18.7 Å². The van der Waals surface area contributed by atoms with Gasteiger partial charge >= 0.3 is 24.2 Å². The van der Waals surface area contributed by atoms with E-state index in [0.717, 1.165) is 30.4 Å². The van der Waals surface area contributed by atoms with Crippen LogP contribution in [-0.4, -0.2) is 114 Å². The zero-order valence-electron chi connectivity index (χ0n) is 42.4. The molecule has 19 heteroatoms. The summed E-state index contributed by atoms with van der Waals surface area (Å²) in [7, 11) is 0. The standard InChI is InChI=1S/C50H77N7O12/c1-12-13-18-33-21-23-34(24-22-33)35-25-27-36(28-26-35)41(59)57-39(31-53-47(66)69-50(9,10)11)43(61)55-37(19-14-16-29-51-45(64)67-48(3,4)5)42(60)54-32(2)40(58)56-38(44(62)63)20-15-17-30-52-46(65)68-49(6,7)8/h21-28,32,37-39H,12-20,29-31H2,1-11H3,(H,51,64)(H,52,65)(H,53,66)(H,54,60)(H,55,61)(H,56,58)(H,57,59)(H,62,63)/t32-,37-,38-,39-/m0/s1. The lowest BCUT2D eigenvalue weighted by Gasteiger charge is -2.26. The number of rotatable bonds is 25. The molecule has 2 aromatic carbocycles. The quantitative estimate of drug-likeness (QED) is 0.0404. The van der Waals surface area contributed by atoms with Gasteiger partial charge in [0.2, 0.25) is 17.7 Å². The maximum Gasteiger partial charge on any atom is 0.407 e. The Kier molecular flexibility index (Phi) is 24.0. The largest absolute Gasteiger partial charge is 0.480 e. The van der Waals surface area contributed by atoms with Crippen molar-refractivity contribution in [1.82, 2.24) is 37.2 Å². The first kappa shape index (κ1) is 58.7. The molecule has 0 saturated carbocycles. The van der Waals surface area contributed by atoms with Crippen molar-refractivity contribution in [3.05, 3.63) is 59.7 Å². The van der Waals surface area contributed by atoms with Crippen molar-refractivity contribution in [2.24, 2.45) is 0 Å². The molecule has 2 aromatic rings. The Bertz CT molecular complexity index is 2010. The van der Waals surface area contributed by atoms with Crippen LogP contribution in [-0.2, 0) is 39.8 Å². The molecule has 0 aromatic heterocycles. The number of ether oxygens (including phenoxy) is 3. The summed E-state index contributed by atoms with van der Waals surface area (Å²) in [5, 5.41) is 27.9. The number of aliphatic carboxylic acids is 1. The van der Waals surface area contributed by atoms with E-state index in [1.165, 1.54) is 12.5 Å². The number of nitrogens with one attached hydrogen (secondary N) is 7. The second kappa shape index (κ2) is 28.2. The van der Waals surface area contributed by atoms with Crippen LogP contribution in [0.3, 0.4) is 0 Å². The van der Waals surface area contributed by atoms with E-state index in [4.69, 9.17) is 14.2 Å². The summed E-state index contributed by atoms with van der Waals surface area (Å²) in [5.41, 5.74) is 1.00. The molecule has 0 radical (unpaired) electrons. The van der Waals surface area contributed by atoms with Crippen molar-refractivity contribution < 1.29 is 57.7 Å². The maximum absolute atomic E-state index is 14.1. The highest BCUT2D eigenvalue weighted by molar-refractivity contribution is 5.99. The number of carboxylic acid groups (broad SMARTS) is 1. The van der Waals surface area contributed by atoms with Crippen LogP contribution >= 0.6 is 0 Å². The molecule has 8 N–H and O–H groups in total. The third-order valence-corrected chi connectivity index (χ3v) is 9.90. The summed E-state index contributed by atoms with van der Waals surface area (Å²) in [6, 6.07) is 9.65. The number of carboxylic acids is 1. The predicted molar refractivity (Wildman–Crippen MR) is 261 cm³/mol. The van der Waals surface area contributed by atoms with Gasteiger partial charge in [-0.05, 0) is 149 Å². The zero-order valence-corrected chi connectivity index (χ0v) is 42.4. The molecule has 0 aliphatic rings. The lowest BCUT2D eigenvalue weighted by molar-refractivity contribution is -0.142. The van der Waals surface area contributed by atoms with Crippen molar-refractivity contribution in [3.63, 3.8) is 0 Å². The monoisotopic (exact) mass is 968 g/mol. The number of hydrogen-bond donors (Lipinski definition) is 8. The number of carbonyl (C=O) groups excluding carboxylic acids is 7. The number of carbonyl (C=O) groups is 8. The minimum atomic E-state index is -1.43. The molecule has 384 valence electrons. The first-order valence-corrected chi connectivity index (χ1v) is 23.7. The van der Waals surface area contributed by atoms with Gasteiger partial charge in [0.25, 0.3) is 5.91 Å². The van der Waals surface area contributed by atoms with Gasteiger partial charge in [-0.15, -0.1) is 0 Å². The Hall–Kier alpha value is -6.40. The zero-order chi connectivity index (χ0) is 52.0. The molecule has 19 nitrogen and oxygen atoms in total. The second-order valence-corrected chi connectivity index (χ2v) is 19.8. The maximum atomic E-state index is 14.1. The van der Waals surface area contributed by atoms with E-state index in [9.17, 15) is 43.5 Å². The summed E-state index contributed by atoms with van der Waals surface area (Å²) in [4.78, 5) is 104. The van der Waals surface area contributed by atoms with Crippen molar-refractivity contribution >= 4 is 47.9 Å². The van der Waals surface area contributed by atoms with E-state index < -0.39 is 95.4 Å². The molecule has 0 heterocycles. The molecule has 0 spiro atoms. The SMILES string of the molecule is CCCCc1ccc(-c2ccc(C(=O)N[C@@H](CNC(=O)OC(C)(C)C)C(=O)N[C@@H](CCCCNC(=O)OC(C)(C)C)C(=O)N[C@@H](C)C(=O)N[C@@H](CCCCNC(=O)OC(C)(C)C)C(=O)O)cc2)cc1. The third-order valence-electron chi connectivity index (χ3n) is 9.90.